The number of carbonyl (C=O) groups excluding carboxylic acids is 2. The summed E-state index contributed by atoms with van der Waals surface area (Å²) in [6.07, 6.45) is 1.75. The molecule has 2 atom stereocenters. The van der Waals surface area contributed by atoms with Crippen LogP contribution in [-0.2, 0) is 9.59 Å². The first-order valence-corrected chi connectivity index (χ1v) is 7.76. The van der Waals surface area contributed by atoms with Crippen molar-refractivity contribution in [2.24, 2.45) is 5.92 Å². The molecule has 0 fully saturated rings. The molecule has 0 heterocycles. The number of anilines is 1. The van der Waals surface area contributed by atoms with Gasteiger partial charge in [0.1, 0.15) is 0 Å². The molecule has 0 bridgehead atoms. The third kappa shape index (κ3) is 4.15. The molecular formula is C15H18N2O4S. The molecule has 118 valence electrons. The summed E-state index contributed by atoms with van der Waals surface area (Å²) in [5.74, 6) is -1.44. The second kappa shape index (κ2) is 8.29. The number of amides is 1. The van der Waals surface area contributed by atoms with Crippen molar-refractivity contribution in [3.8, 4) is 17.6 Å². The number of ketones is 1. The number of methoxy groups -OCH3 is 2. The minimum absolute atomic E-state index is 0.409. The molecule has 0 saturated carbocycles. The van der Waals surface area contributed by atoms with Crippen molar-refractivity contribution in [1.82, 2.24) is 0 Å². The lowest BCUT2D eigenvalue weighted by molar-refractivity contribution is -0.128. The van der Waals surface area contributed by atoms with Gasteiger partial charge in [0, 0.05) is 11.8 Å². The van der Waals surface area contributed by atoms with Gasteiger partial charge in [-0.2, -0.15) is 17.0 Å². The van der Waals surface area contributed by atoms with E-state index >= 15 is 0 Å². The van der Waals surface area contributed by atoms with E-state index in [1.165, 1.54) is 26.0 Å². The molecule has 22 heavy (non-hydrogen) atoms. The first kappa shape index (κ1) is 17.9. The minimum Gasteiger partial charge on any atom is -0.493 e. The van der Waals surface area contributed by atoms with Crippen molar-refractivity contribution >= 4 is 29.1 Å². The molecule has 0 aromatic heterocycles. The van der Waals surface area contributed by atoms with E-state index in [2.05, 4.69) is 5.32 Å². The van der Waals surface area contributed by atoms with Crippen LogP contribution in [-0.4, -0.2) is 37.4 Å². The average molecular weight is 322 g/mol. The molecule has 0 radical (unpaired) electrons. The van der Waals surface area contributed by atoms with Crippen LogP contribution < -0.4 is 14.8 Å². The zero-order chi connectivity index (χ0) is 16.7. The van der Waals surface area contributed by atoms with Gasteiger partial charge in [-0.05, 0) is 25.3 Å². The second-order valence-corrected chi connectivity index (χ2v) is 5.58. The molecule has 0 aliphatic heterocycles. The predicted molar refractivity (Wildman–Crippen MR) is 85.3 cm³/mol. The van der Waals surface area contributed by atoms with Gasteiger partial charge < -0.3 is 14.8 Å². The van der Waals surface area contributed by atoms with Gasteiger partial charge in [-0.1, -0.05) is 0 Å². The highest BCUT2D eigenvalue weighted by Crippen LogP contribution is 2.30. The van der Waals surface area contributed by atoms with Crippen LogP contribution in [0.2, 0.25) is 0 Å². The number of nitriles is 1. The number of hydrogen-bond donors (Lipinski definition) is 1. The summed E-state index contributed by atoms with van der Waals surface area (Å²) in [5, 5.41) is 11.2. The summed E-state index contributed by atoms with van der Waals surface area (Å²) < 4.78 is 10.2. The van der Waals surface area contributed by atoms with Crippen LogP contribution in [0.5, 0.6) is 11.5 Å². The summed E-state index contributed by atoms with van der Waals surface area (Å²) >= 11 is 1.29. The molecule has 0 aliphatic rings. The summed E-state index contributed by atoms with van der Waals surface area (Å²) in [5.41, 5.74) is 0.424. The van der Waals surface area contributed by atoms with Gasteiger partial charge in [0.25, 0.3) is 0 Å². The Morgan fingerprint density at radius 1 is 1.27 bits per heavy atom. The Bertz CT molecular complexity index is 598. The molecule has 0 unspecified atom stereocenters. The van der Waals surface area contributed by atoms with Crippen molar-refractivity contribution in [3.05, 3.63) is 18.2 Å². The van der Waals surface area contributed by atoms with Crippen LogP contribution in [0.4, 0.5) is 5.69 Å². The van der Waals surface area contributed by atoms with Crippen LogP contribution in [0, 0.1) is 17.2 Å². The van der Waals surface area contributed by atoms with Gasteiger partial charge in [-0.25, -0.2) is 0 Å². The number of thioether (sulfide) groups is 1. The number of carbonyl (C=O) groups is 2. The molecule has 1 aromatic rings. The highest BCUT2D eigenvalue weighted by atomic mass is 32.2. The molecule has 1 rings (SSSR count). The van der Waals surface area contributed by atoms with Crippen molar-refractivity contribution in [2.45, 2.75) is 12.2 Å². The number of nitrogens with one attached hydrogen (secondary N) is 1. The summed E-state index contributed by atoms with van der Waals surface area (Å²) in [6, 6.07) is 6.55. The fourth-order valence-electron chi connectivity index (χ4n) is 1.73. The first-order valence-electron chi connectivity index (χ1n) is 6.47. The number of rotatable bonds is 7. The molecule has 0 spiro atoms. The highest BCUT2D eigenvalue weighted by molar-refractivity contribution is 7.99. The van der Waals surface area contributed by atoms with Crippen molar-refractivity contribution in [3.63, 3.8) is 0 Å². The monoisotopic (exact) mass is 322 g/mol. The smallest absolute Gasteiger partial charge is 0.249 e. The number of hydrogen-bond acceptors (Lipinski definition) is 6. The molecule has 7 heteroatoms. The maximum absolute atomic E-state index is 12.1. The zero-order valence-corrected chi connectivity index (χ0v) is 13.7. The van der Waals surface area contributed by atoms with Crippen molar-refractivity contribution in [2.75, 3.05) is 25.8 Å². The van der Waals surface area contributed by atoms with Gasteiger partial charge in [-0.15, -0.1) is 0 Å². The van der Waals surface area contributed by atoms with Crippen LogP contribution in [0.3, 0.4) is 0 Å². The normalized spacial score (nSPS) is 12.7. The Kier molecular flexibility index (Phi) is 6.73. The molecular weight excluding hydrogens is 304 g/mol. The third-order valence-corrected chi connectivity index (χ3v) is 4.02. The fraction of sp³-hybridized carbons (Fsp3) is 0.400. The lowest BCUT2D eigenvalue weighted by Crippen LogP contribution is -2.33. The maximum atomic E-state index is 12.1. The van der Waals surface area contributed by atoms with E-state index in [-0.39, 0.29) is 0 Å². The summed E-state index contributed by atoms with van der Waals surface area (Å²) in [6.45, 7) is 1.67. The Labute approximate surface area is 133 Å². The molecule has 1 N–H and O–H groups in total. The largest absolute Gasteiger partial charge is 0.493 e. The third-order valence-electron chi connectivity index (χ3n) is 3.08. The zero-order valence-electron chi connectivity index (χ0n) is 12.9. The van der Waals surface area contributed by atoms with E-state index in [0.717, 1.165) is 0 Å². The Morgan fingerprint density at radius 3 is 2.41 bits per heavy atom. The van der Waals surface area contributed by atoms with Gasteiger partial charge in [0.05, 0.1) is 25.5 Å². The highest BCUT2D eigenvalue weighted by Gasteiger charge is 2.30. The molecule has 6 nitrogen and oxygen atoms in total. The predicted octanol–water partition coefficient (Wildman–Crippen LogP) is 2.10. The standard InChI is InChI=1S/C15H18N2O4S/c1-9(22-4)14(18)11(8-16)15(19)17-10-5-6-12(20-2)13(7-10)21-3/h5-7,9,11H,1-4H3,(H,17,19)/t9-,11-/m1/s1. The lowest BCUT2D eigenvalue weighted by Gasteiger charge is -2.14. The molecule has 1 amide bonds. The Hall–Kier alpha value is -2.20. The van der Waals surface area contributed by atoms with E-state index in [1.54, 1.807) is 37.4 Å². The lowest BCUT2D eigenvalue weighted by atomic mass is 10.0. The quantitative estimate of drug-likeness (QED) is 0.773. The van der Waals surface area contributed by atoms with Crippen molar-refractivity contribution < 1.29 is 19.1 Å². The topological polar surface area (TPSA) is 88.4 Å². The van der Waals surface area contributed by atoms with Crippen LogP contribution in [0.1, 0.15) is 6.92 Å². The van der Waals surface area contributed by atoms with E-state index in [1.807, 2.05) is 0 Å². The fourth-order valence-corrected chi connectivity index (χ4v) is 2.10. The average Bonchev–Trinajstić information content (AvgIpc) is 2.54. The van der Waals surface area contributed by atoms with E-state index < -0.39 is 22.9 Å². The molecule has 0 aliphatic carbocycles. The van der Waals surface area contributed by atoms with E-state index in [4.69, 9.17) is 14.7 Å². The van der Waals surface area contributed by atoms with Gasteiger partial charge in [0.15, 0.2) is 23.2 Å². The molecule has 0 saturated heterocycles. The van der Waals surface area contributed by atoms with Crippen LogP contribution in [0.15, 0.2) is 18.2 Å². The van der Waals surface area contributed by atoms with Crippen LogP contribution >= 0.6 is 11.8 Å². The SMILES string of the molecule is COc1ccc(NC(=O)[C@H](C#N)C(=O)[C@@H](C)SC)cc1OC. The first-order chi connectivity index (χ1) is 10.5. The second-order valence-electron chi connectivity index (χ2n) is 4.40. The molecule has 1 aromatic carbocycles. The summed E-state index contributed by atoms with van der Waals surface area (Å²) in [4.78, 5) is 24.1. The maximum Gasteiger partial charge on any atom is 0.249 e. The van der Waals surface area contributed by atoms with E-state index in [0.29, 0.717) is 17.2 Å². The Morgan fingerprint density at radius 2 is 1.91 bits per heavy atom. The van der Waals surface area contributed by atoms with Crippen LogP contribution in [0.25, 0.3) is 0 Å². The van der Waals surface area contributed by atoms with E-state index in [9.17, 15) is 9.59 Å². The van der Waals surface area contributed by atoms with Gasteiger partial charge >= 0.3 is 0 Å². The number of ether oxygens (including phenoxy) is 2. The van der Waals surface area contributed by atoms with Gasteiger partial charge in [0.2, 0.25) is 5.91 Å². The van der Waals surface area contributed by atoms with Crippen molar-refractivity contribution in [1.29, 1.82) is 5.26 Å². The number of nitrogens with zero attached hydrogens (tertiary/aromatic N) is 1. The summed E-state index contributed by atoms with van der Waals surface area (Å²) in [7, 11) is 2.98. The minimum atomic E-state index is -1.34. The van der Waals surface area contributed by atoms with Gasteiger partial charge in [-0.3, -0.25) is 9.59 Å². The Balaban J connectivity index is 2.92. The number of benzene rings is 1. The number of Topliss-reactive ketones (excluding diaryl/α,β-unsaturated/α-hetero) is 1.